The number of carbonyl (C=O) groups excluding carboxylic acids is 1. The number of carbonyl (C=O) groups is 1. The molecule has 162 valence electrons. The second-order valence-corrected chi connectivity index (χ2v) is 8.04. The van der Waals surface area contributed by atoms with Crippen LogP contribution in [0, 0.1) is 6.92 Å². The summed E-state index contributed by atoms with van der Waals surface area (Å²) in [7, 11) is 0. The van der Waals surface area contributed by atoms with E-state index in [9.17, 15) is 14.7 Å². The first-order chi connectivity index (χ1) is 15.4. The Morgan fingerprint density at radius 2 is 2.03 bits per heavy atom. The van der Waals surface area contributed by atoms with Gasteiger partial charge in [0.25, 0.3) is 5.91 Å². The third kappa shape index (κ3) is 4.20. The minimum Gasteiger partial charge on any atom is -0.395 e. The number of nitrogens with zero attached hydrogens (tertiary/aromatic N) is 2. The number of hydrogen-bond acceptors (Lipinski definition) is 5. The van der Waals surface area contributed by atoms with E-state index in [1.165, 1.54) is 12.3 Å². The fourth-order valence-electron chi connectivity index (χ4n) is 3.60. The van der Waals surface area contributed by atoms with Crippen molar-refractivity contribution in [3.05, 3.63) is 81.2 Å². The molecule has 0 bridgehead atoms. The normalized spacial score (nSPS) is 11.0. The van der Waals surface area contributed by atoms with Gasteiger partial charge in [-0.25, -0.2) is 0 Å². The molecule has 9 heteroatoms. The van der Waals surface area contributed by atoms with Crippen LogP contribution < -0.4 is 16.1 Å². The fourth-order valence-corrected chi connectivity index (χ4v) is 4.07. The van der Waals surface area contributed by atoms with Crippen LogP contribution in [0.25, 0.3) is 21.8 Å². The van der Waals surface area contributed by atoms with Crippen molar-refractivity contribution in [2.75, 3.05) is 11.9 Å². The third-order valence-electron chi connectivity index (χ3n) is 4.97. The molecule has 0 radical (unpaired) electrons. The molecule has 0 aliphatic carbocycles. The zero-order chi connectivity index (χ0) is 22.8. The van der Waals surface area contributed by atoms with Crippen molar-refractivity contribution < 1.29 is 9.90 Å². The van der Waals surface area contributed by atoms with Crippen molar-refractivity contribution in [3.63, 3.8) is 0 Å². The SMILES string of the molecule is Cc1cccc(NC(=S)NC(=O)c2cn(CCO)c3c(cc(Cl)c4ncccc43)c2=O)c1. The molecule has 3 N–H and O–H groups in total. The number of aliphatic hydroxyl groups excluding tert-OH is 1. The number of anilines is 1. The van der Waals surface area contributed by atoms with Gasteiger partial charge in [0, 0.05) is 35.4 Å². The Balaban J connectivity index is 1.76. The van der Waals surface area contributed by atoms with Crippen LogP contribution in [0.3, 0.4) is 0 Å². The van der Waals surface area contributed by atoms with E-state index in [0.717, 1.165) is 11.3 Å². The maximum atomic E-state index is 13.2. The number of rotatable bonds is 4. The Bertz CT molecular complexity index is 1430. The van der Waals surface area contributed by atoms with Gasteiger partial charge in [-0.3, -0.25) is 19.9 Å². The number of aromatic nitrogens is 2. The Morgan fingerprint density at radius 1 is 1.22 bits per heavy atom. The molecule has 0 atom stereocenters. The van der Waals surface area contributed by atoms with Gasteiger partial charge in [-0.2, -0.15) is 0 Å². The van der Waals surface area contributed by atoms with E-state index in [4.69, 9.17) is 23.8 Å². The molecule has 0 aliphatic rings. The molecule has 4 rings (SSSR count). The average molecular weight is 467 g/mol. The molecular weight excluding hydrogens is 448 g/mol. The number of benzene rings is 2. The van der Waals surface area contributed by atoms with E-state index >= 15 is 0 Å². The van der Waals surface area contributed by atoms with Gasteiger partial charge in [-0.1, -0.05) is 23.7 Å². The maximum absolute atomic E-state index is 13.2. The third-order valence-corrected chi connectivity index (χ3v) is 5.46. The van der Waals surface area contributed by atoms with Crippen molar-refractivity contribution >= 4 is 62.3 Å². The van der Waals surface area contributed by atoms with Crippen molar-refractivity contribution in [3.8, 4) is 0 Å². The Morgan fingerprint density at radius 3 is 2.78 bits per heavy atom. The van der Waals surface area contributed by atoms with Crippen LogP contribution in [-0.4, -0.2) is 32.3 Å². The van der Waals surface area contributed by atoms with Gasteiger partial charge in [0.05, 0.1) is 22.7 Å². The molecule has 0 unspecified atom stereocenters. The predicted octanol–water partition coefficient (Wildman–Crippen LogP) is 3.63. The first kappa shape index (κ1) is 21.9. The van der Waals surface area contributed by atoms with Gasteiger partial charge >= 0.3 is 0 Å². The van der Waals surface area contributed by atoms with Crippen LogP contribution in [0.15, 0.2) is 59.7 Å². The molecule has 7 nitrogen and oxygen atoms in total. The van der Waals surface area contributed by atoms with Crippen LogP contribution in [0.2, 0.25) is 5.02 Å². The molecule has 1 amide bonds. The highest BCUT2D eigenvalue weighted by Crippen LogP contribution is 2.29. The van der Waals surface area contributed by atoms with E-state index in [1.54, 1.807) is 22.9 Å². The van der Waals surface area contributed by atoms with E-state index in [2.05, 4.69) is 15.6 Å². The first-order valence-electron chi connectivity index (χ1n) is 9.79. The number of hydrogen-bond donors (Lipinski definition) is 3. The lowest BCUT2D eigenvalue weighted by Gasteiger charge is -2.15. The largest absolute Gasteiger partial charge is 0.395 e. The van der Waals surface area contributed by atoms with Crippen LogP contribution in [0.4, 0.5) is 5.69 Å². The second kappa shape index (κ2) is 9.04. The molecule has 2 heterocycles. The lowest BCUT2D eigenvalue weighted by Crippen LogP contribution is -2.37. The van der Waals surface area contributed by atoms with E-state index in [0.29, 0.717) is 21.4 Å². The lowest BCUT2D eigenvalue weighted by molar-refractivity contribution is 0.0976. The highest BCUT2D eigenvalue weighted by Gasteiger charge is 2.19. The number of nitrogens with one attached hydrogen (secondary N) is 2. The van der Waals surface area contributed by atoms with E-state index in [1.807, 2.05) is 31.2 Å². The molecule has 4 aromatic rings. The number of aryl methyl sites for hydroxylation is 1. The first-order valence-corrected chi connectivity index (χ1v) is 10.6. The summed E-state index contributed by atoms with van der Waals surface area (Å²) < 4.78 is 1.66. The molecule has 32 heavy (non-hydrogen) atoms. The van der Waals surface area contributed by atoms with E-state index in [-0.39, 0.29) is 29.2 Å². The molecule has 0 fully saturated rings. The quantitative estimate of drug-likeness (QED) is 0.314. The average Bonchev–Trinajstić information content (AvgIpc) is 2.76. The van der Waals surface area contributed by atoms with Gasteiger partial charge in [-0.15, -0.1) is 0 Å². The van der Waals surface area contributed by atoms with Crippen LogP contribution >= 0.6 is 23.8 Å². The van der Waals surface area contributed by atoms with Crippen molar-refractivity contribution in [1.82, 2.24) is 14.9 Å². The van der Waals surface area contributed by atoms with Gasteiger partial charge < -0.3 is 15.0 Å². The van der Waals surface area contributed by atoms with Crippen LogP contribution in [-0.2, 0) is 6.54 Å². The highest BCUT2D eigenvalue weighted by molar-refractivity contribution is 7.80. The van der Waals surface area contributed by atoms with Gasteiger partial charge in [0.15, 0.2) is 5.11 Å². The maximum Gasteiger partial charge on any atom is 0.262 e. The van der Waals surface area contributed by atoms with Crippen LogP contribution in [0.5, 0.6) is 0 Å². The number of pyridine rings is 2. The summed E-state index contributed by atoms with van der Waals surface area (Å²) in [6.07, 6.45) is 3.03. The summed E-state index contributed by atoms with van der Waals surface area (Å²) in [5, 5.41) is 16.3. The zero-order valence-electron chi connectivity index (χ0n) is 17.1. The summed E-state index contributed by atoms with van der Waals surface area (Å²) in [4.78, 5) is 30.4. The number of fused-ring (bicyclic) bond motifs is 3. The second-order valence-electron chi connectivity index (χ2n) is 7.22. The molecule has 0 spiro atoms. The number of thiocarbonyl (C=S) groups is 1. The monoisotopic (exact) mass is 466 g/mol. The molecule has 0 saturated heterocycles. The standard InChI is InChI=1S/C23H19ClN4O3S/c1-13-4-2-5-14(10-13)26-23(32)27-22(31)17-12-28(8-9-29)20-15-6-3-7-25-19(15)18(24)11-16(20)21(17)30/h2-7,10-12,29H,8-9H2,1H3,(H2,26,27,31,32). The number of aliphatic hydroxyl groups is 1. The lowest BCUT2D eigenvalue weighted by atomic mass is 10.1. The zero-order valence-corrected chi connectivity index (χ0v) is 18.6. The highest BCUT2D eigenvalue weighted by atomic mass is 35.5. The summed E-state index contributed by atoms with van der Waals surface area (Å²) in [6.45, 7) is 1.93. The summed E-state index contributed by atoms with van der Waals surface area (Å²) in [6, 6.07) is 12.5. The van der Waals surface area contributed by atoms with Crippen molar-refractivity contribution in [1.29, 1.82) is 0 Å². The number of amides is 1. The molecule has 0 aliphatic heterocycles. The summed E-state index contributed by atoms with van der Waals surface area (Å²) in [5.74, 6) is -0.656. The Kier molecular flexibility index (Phi) is 6.18. The van der Waals surface area contributed by atoms with Gasteiger partial charge in [0.1, 0.15) is 5.56 Å². The molecule has 0 saturated carbocycles. The van der Waals surface area contributed by atoms with Crippen LogP contribution in [0.1, 0.15) is 15.9 Å². The Hall–Kier alpha value is -3.33. The Labute approximate surface area is 193 Å². The predicted molar refractivity (Wildman–Crippen MR) is 130 cm³/mol. The minimum atomic E-state index is -0.656. The van der Waals surface area contributed by atoms with E-state index < -0.39 is 11.3 Å². The van der Waals surface area contributed by atoms with Crippen molar-refractivity contribution in [2.24, 2.45) is 0 Å². The van der Waals surface area contributed by atoms with Crippen molar-refractivity contribution in [2.45, 2.75) is 13.5 Å². The van der Waals surface area contributed by atoms with Gasteiger partial charge in [0.2, 0.25) is 5.43 Å². The smallest absolute Gasteiger partial charge is 0.262 e. The molecule has 2 aromatic heterocycles. The summed E-state index contributed by atoms with van der Waals surface area (Å²) >= 11 is 11.6. The summed E-state index contributed by atoms with van der Waals surface area (Å²) in [5.41, 5.74) is 2.24. The minimum absolute atomic E-state index is 0.0644. The molecule has 2 aromatic carbocycles. The fraction of sp³-hybridized carbons (Fsp3) is 0.130. The number of halogens is 1. The topological polar surface area (TPSA) is 96.2 Å². The molecular formula is C23H19ClN4O3S. The van der Waals surface area contributed by atoms with Gasteiger partial charge in [-0.05, 0) is 55.0 Å².